The molecular formula is C8H9N3OS. The molecular weight excluding hydrogens is 186 g/mol. The van der Waals surface area contributed by atoms with Gasteiger partial charge in [-0.15, -0.1) is 11.8 Å². The number of nitrogens with zero attached hydrogens (tertiary/aromatic N) is 2. The summed E-state index contributed by atoms with van der Waals surface area (Å²) in [5.74, 6) is 0.992. The van der Waals surface area contributed by atoms with Gasteiger partial charge in [0.2, 0.25) is 0 Å². The number of benzene rings is 1. The van der Waals surface area contributed by atoms with Crippen LogP contribution in [0.25, 0.3) is 11.0 Å². The van der Waals surface area contributed by atoms with Gasteiger partial charge < -0.3 is 5.73 Å². The number of anilines is 1. The summed E-state index contributed by atoms with van der Waals surface area (Å²) in [6.45, 7) is 2.08. The predicted molar refractivity (Wildman–Crippen MR) is 52.6 cm³/mol. The third kappa shape index (κ3) is 1.35. The lowest BCUT2D eigenvalue weighted by molar-refractivity contribution is 0.315. The molecule has 4 nitrogen and oxygen atoms in total. The molecule has 0 saturated carbocycles. The maximum atomic E-state index is 5.69. The van der Waals surface area contributed by atoms with E-state index in [4.69, 9.17) is 5.73 Å². The molecule has 0 fully saturated rings. The molecule has 0 unspecified atom stereocenters. The summed E-state index contributed by atoms with van der Waals surface area (Å²) in [6, 6.07) is 3.76. The van der Waals surface area contributed by atoms with Crippen LogP contribution in [0, 0.1) is 0 Å². The van der Waals surface area contributed by atoms with Gasteiger partial charge in [0.15, 0.2) is 11.0 Å². The average molecular weight is 195 g/mol. The first-order chi connectivity index (χ1) is 6.33. The van der Waals surface area contributed by atoms with Gasteiger partial charge in [-0.25, -0.2) is 4.63 Å². The number of thioether (sulfide) groups is 1. The second kappa shape index (κ2) is 3.26. The molecule has 2 N–H and O–H groups in total. The minimum atomic E-state index is 0.608. The largest absolute Gasteiger partial charge is 0.397 e. The SMILES string of the molecule is CCSc1ccc(N)c2nonc12. The van der Waals surface area contributed by atoms with Gasteiger partial charge in [-0.05, 0) is 28.2 Å². The highest BCUT2D eigenvalue weighted by Crippen LogP contribution is 2.28. The van der Waals surface area contributed by atoms with Crippen LogP contribution in [0.1, 0.15) is 6.92 Å². The second-order valence-electron chi connectivity index (χ2n) is 2.55. The lowest BCUT2D eigenvalue weighted by Crippen LogP contribution is -1.87. The summed E-state index contributed by atoms with van der Waals surface area (Å²) >= 11 is 1.70. The van der Waals surface area contributed by atoms with Crippen LogP contribution in [0.4, 0.5) is 5.69 Å². The normalized spacial score (nSPS) is 10.8. The summed E-state index contributed by atoms with van der Waals surface area (Å²) in [4.78, 5) is 1.06. The molecule has 2 rings (SSSR count). The van der Waals surface area contributed by atoms with E-state index in [1.807, 2.05) is 12.1 Å². The van der Waals surface area contributed by atoms with Crippen LogP contribution < -0.4 is 5.73 Å². The van der Waals surface area contributed by atoms with Crippen molar-refractivity contribution in [3.63, 3.8) is 0 Å². The van der Waals surface area contributed by atoms with Crippen LogP contribution in [-0.2, 0) is 0 Å². The third-order valence-electron chi connectivity index (χ3n) is 1.71. The van der Waals surface area contributed by atoms with Gasteiger partial charge in [0.25, 0.3) is 0 Å². The molecule has 0 spiro atoms. The minimum Gasteiger partial charge on any atom is -0.397 e. The molecule has 0 saturated heterocycles. The Labute approximate surface area is 79.4 Å². The van der Waals surface area contributed by atoms with Crippen molar-refractivity contribution in [3.8, 4) is 0 Å². The van der Waals surface area contributed by atoms with Gasteiger partial charge in [-0.1, -0.05) is 6.92 Å². The van der Waals surface area contributed by atoms with Crippen molar-refractivity contribution in [2.75, 3.05) is 11.5 Å². The van der Waals surface area contributed by atoms with Crippen molar-refractivity contribution in [2.45, 2.75) is 11.8 Å². The van der Waals surface area contributed by atoms with Crippen molar-refractivity contribution in [2.24, 2.45) is 0 Å². The molecule has 2 aromatic rings. The molecule has 0 amide bonds. The number of nitrogens with two attached hydrogens (primary N) is 1. The monoisotopic (exact) mass is 195 g/mol. The van der Waals surface area contributed by atoms with E-state index in [0.29, 0.717) is 11.2 Å². The van der Waals surface area contributed by atoms with Gasteiger partial charge in [-0.2, -0.15) is 0 Å². The van der Waals surface area contributed by atoms with Crippen LogP contribution >= 0.6 is 11.8 Å². The van der Waals surface area contributed by atoms with Gasteiger partial charge >= 0.3 is 0 Å². The Morgan fingerprint density at radius 2 is 2.15 bits per heavy atom. The van der Waals surface area contributed by atoms with E-state index in [0.717, 1.165) is 16.2 Å². The first-order valence-corrected chi connectivity index (χ1v) is 4.95. The summed E-state index contributed by atoms with van der Waals surface area (Å²) in [6.07, 6.45) is 0. The van der Waals surface area contributed by atoms with E-state index < -0.39 is 0 Å². The van der Waals surface area contributed by atoms with Gasteiger partial charge in [0.05, 0.1) is 5.69 Å². The molecule has 0 aliphatic rings. The van der Waals surface area contributed by atoms with Crippen LogP contribution in [0.5, 0.6) is 0 Å². The Hall–Kier alpha value is -1.23. The van der Waals surface area contributed by atoms with Crippen molar-refractivity contribution < 1.29 is 4.63 Å². The highest BCUT2D eigenvalue weighted by molar-refractivity contribution is 7.99. The van der Waals surface area contributed by atoms with Crippen molar-refractivity contribution in [3.05, 3.63) is 12.1 Å². The number of fused-ring (bicyclic) bond motifs is 1. The van der Waals surface area contributed by atoms with E-state index in [1.54, 1.807) is 11.8 Å². The van der Waals surface area contributed by atoms with Crippen molar-refractivity contribution in [1.82, 2.24) is 10.3 Å². The quantitative estimate of drug-likeness (QED) is 0.585. The van der Waals surface area contributed by atoms with Crippen LogP contribution in [-0.4, -0.2) is 16.1 Å². The fourth-order valence-electron chi connectivity index (χ4n) is 1.13. The molecule has 0 bridgehead atoms. The first-order valence-electron chi connectivity index (χ1n) is 3.96. The maximum absolute atomic E-state index is 5.69. The molecule has 0 atom stereocenters. The van der Waals surface area contributed by atoms with E-state index in [9.17, 15) is 0 Å². The molecule has 0 radical (unpaired) electrons. The smallest absolute Gasteiger partial charge is 0.159 e. The Morgan fingerprint density at radius 3 is 2.92 bits per heavy atom. The first kappa shape index (κ1) is 8.37. The number of hydrogen-bond donors (Lipinski definition) is 1. The minimum absolute atomic E-state index is 0.608. The van der Waals surface area contributed by atoms with E-state index in [1.165, 1.54) is 0 Å². The third-order valence-corrected chi connectivity index (χ3v) is 2.64. The lowest BCUT2D eigenvalue weighted by atomic mass is 10.3. The fraction of sp³-hybridized carbons (Fsp3) is 0.250. The fourth-order valence-corrected chi connectivity index (χ4v) is 1.88. The zero-order valence-electron chi connectivity index (χ0n) is 7.15. The van der Waals surface area contributed by atoms with E-state index >= 15 is 0 Å². The van der Waals surface area contributed by atoms with Gasteiger partial charge in [0, 0.05) is 4.90 Å². The maximum Gasteiger partial charge on any atom is 0.159 e. The number of hydrogen-bond acceptors (Lipinski definition) is 5. The van der Waals surface area contributed by atoms with Crippen LogP contribution in [0.15, 0.2) is 21.7 Å². The molecule has 5 heteroatoms. The summed E-state index contributed by atoms with van der Waals surface area (Å²) in [5.41, 5.74) is 7.71. The van der Waals surface area contributed by atoms with Crippen molar-refractivity contribution >= 4 is 28.5 Å². The Morgan fingerprint density at radius 1 is 1.38 bits per heavy atom. The lowest BCUT2D eigenvalue weighted by Gasteiger charge is -1.98. The average Bonchev–Trinajstić information content (AvgIpc) is 2.59. The zero-order chi connectivity index (χ0) is 9.26. The highest BCUT2D eigenvalue weighted by Gasteiger charge is 2.08. The molecule has 0 aliphatic heterocycles. The number of nitrogen functional groups attached to an aromatic ring is 1. The van der Waals surface area contributed by atoms with E-state index in [2.05, 4.69) is 21.9 Å². The van der Waals surface area contributed by atoms with Crippen molar-refractivity contribution in [1.29, 1.82) is 0 Å². The summed E-state index contributed by atoms with van der Waals surface area (Å²) in [5, 5.41) is 7.55. The molecule has 13 heavy (non-hydrogen) atoms. The molecule has 1 heterocycles. The molecule has 0 aliphatic carbocycles. The van der Waals surface area contributed by atoms with Gasteiger partial charge in [-0.3, -0.25) is 0 Å². The Kier molecular flexibility index (Phi) is 2.10. The van der Waals surface area contributed by atoms with E-state index in [-0.39, 0.29) is 0 Å². The molecule has 1 aromatic carbocycles. The standard InChI is InChI=1S/C8H9N3OS/c1-2-13-6-4-3-5(9)7-8(6)11-12-10-7/h3-4H,2,9H2,1H3. The van der Waals surface area contributed by atoms with Crippen LogP contribution in [0.3, 0.4) is 0 Å². The highest BCUT2D eigenvalue weighted by atomic mass is 32.2. The van der Waals surface area contributed by atoms with Gasteiger partial charge in [0.1, 0.15) is 0 Å². The topological polar surface area (TPSA) is 64.9 Å². The number of rotatable bonds is 2. The predicted octanol–water partition coefficient (Wildman–Crippen LogP) is 1.92. The molecule has 68 valence electrons. The zero-order valence-corrected chi connectivity index (χ0v) is 7.97. The second-order valence-corrected chi connectivity index (χ2v) is 3.85. The number of aromatic nitrogens is 2. The summed E-state index contributed by atoms with van der Waals surface area (Å²) < 4.78 is 4.64. The van der Waals surface area contributed by atoms with Crippen LogP contribution in [0.2, 0.25) is 0 Å². The summed E-state index contributed by atoms with van der Waals surface area (Å²) in [7, 11) is 0. The Bertz CT molecular complexity index is 426. The molecule has 1 aromatic heterocycles. The Balaban J connectivity index is 2.64.